The van der Waals surface area contributed by atoms with E-state index in [4.69, 9.17) is 0 Å². The number of hydrazine groups is 1. The van der Waals surface area contributed by atoms with Crippen LogP contribution in [0.5, 0.6) is 0 Å². The van der Waals surface area contributed by atoms with E-state index in [0.717, 1.165) is 32.7 Å². The zero-order valence-electron chi connectivity index (χ0n) is 8.66. The van der Waals surface area contributed by atoms with E-state index >= 15 is 0 Å². The molecule has 1 fully saturated rings. The second-order valence-corrected chi connectivity index (χ2v) is 3.82. The number of aromatic amines is 1. The molecule has 0 saturated carbocycles. The lowest BCUT2D eigenvalue weighted by Crippen LogP contribution is -2.50. The summed E-state index contributed by atoms with van der Waals surface area (Å²) < 4.78 is 0. The summed E-state index contributed by atoms with van der Waals surface area (Å²) in [6.07, 6.45) is 1.96. The minimum atomic E-state index is 0.900. The molecule has 78 valence electrons. The highest BCUT2D eigenvalue weighted by atomic mass is 15.5. The van der Waals surface area contributed by atoms with E-state index in [1.165, 1.54) is 5.69 Å². The summed E-state index contributed by atoms with van der Waals surface area (Å²) >= 11 is 0. The highest BCUT2D eigenvalue weighted by Crippen LogP contribution is 1.98. The van der Waals surface area contributed by atoms with Crippen molar-refractivity contribution >= 4 is 0 Å². The fourth-order valence-electron chi connectivity index (χ4n) is 1.64. The summed E-state index contributed by atoms with van der Waals surface area (Å²) in [7, 11) is 2.17. The van der Waals surface area contributed by atoms with Gasteiger partial charge in [-0.25, -0.2) is 10.4 Å². The topological polar surface area (TPSA) is 34.3 Å². The predicted molar refractivity (Wildman–Crippen MR) is 56.7 cm³/mol. The van der Waals surface area contributed by atoms with Gasteiger partial charge >= 0.3 is 0 Å². The summed E-state index contributed by atoms with van der Waals surface area (Å²) in [5.74, 6) is 0. The number of aromatic nitrogens is 1. The molecule has 1 saturated heterocycles. The van der Waals surface area contributed by atoms with E-state index in [1.54, 1.807) is 0 Å². The molecule has 1 aromatic heterocycles. The molecule has 1 aromatic rings. The second kappa shape index (κ2) is 4.59. The van der Waals surface area contributed by atoms with Crippen LogP contribution in [-0.2, 0) is 6.54 Å². The third kappa shape index (κ3) is 2.57. The summed E-state index contributed by atoms with van der Waals surface area (Å²) in [4.78, 5) is 5.54. The summed E-state index contributed by atoms with van der Waals surface area (Å²) in [5.41, 5.74) is 4.66. The molecule has 2 heterocycles. The fourth-order valence-corrected chi connectivity index (χ4v) is 1.64. The van der Waals surface area contributed by atoms with Gasteiger partial charge in [0.25, 0.3) is 0 Å². The van der Waals surface area contributed by atoms with Crippen molar-refractivity contribution in [3.8, 4) is 0 Å². The van der Waals surface area contributed by atoms with Gasteiger partial charge in [-0.05, 0) is 19.2 Å². The Morgan fingerprint density at radius 2 is 2.14 bits per heavy atom. The molecule has 0 atom stereocenters. The third-order valence-corrected chi connectivity index (χ3v) is 2.66. The van der Waals surface area contributed by atoms with Crippen LogP contribution in [0.3, 0.4) is 0 Å². The van der Waals surface area contributed by atoms with E-state index in [0.29, 0.717) is 0 Å². The number of hydrogen-bond donors (Lipinski definition) is 2. The van der Waals surface area contributed by atoms with Gasteiger partial charge < -0.3 is 9.88 Å². The maximum Gasteiger partial charge on any atom is 0.0504 e. The van der Waals surface area contributed by atoms with Crippen molar-refractivity contribution in [1.29, 1.82) is 0 Å². The Bertz CT molecular complexity index is 249. The number of nitrogens with one attached hydrogen (secondary N) is 2. The Morgan fingerprint density at radius 3 is 2.79 bits per heavy atom. The molecular weight excluding hydrogens is 176 g/mol. The number of H-pyrrole nitrogens is 1. The molecule has 0 bridgehead atoms. The third-order valence-electron chi connectivity index (χ3n) is 2.66. The van der Waals surface area contributed by atoms with Gasteiger partial charge in [0.15, 0.2) is 0 Å². The molecule has 2 rings (SSSR count). The van der Waals surface area contributed by atoms with Crippen LogP contribution in [0.25, 0.3) is 0 Å². The van der Waals surface area contributed by atoms with Crippen molar-refractivity contribution in [3.05, 3.63) is 24.0 Å². The monoisotopic (exact) mass is 194 g/mol. The second-order valence-electron chi connectivity index (χ2n) is 3.82. The van der Waals surface area contributed by atoms with Crippen molar-refractivity contribution < 1.29 is 0 Å². The molecule has 0 spiro atoms. The molecule has 0 aromatic carbocycles. The minimum Gasteiger partial charge on any atom is -0.364 e. The number of piperazine rings is 1. The highest BCUT2D eigenvalue weighted by molar-refractivity contribution is 5.02. The van der Waals surface area contributed by atoms with Crippen LogP contribution in [0.1, 0.15) is 5.69 Å². The highest BCUT2D eigenvalue weighted by Gasteiger charge is 2.12. The molecular formula is C10H18N4. The van der Waals surface area contributed by atoms with Crippen LogP contribution in [0, 0.1) is 0 Å². The first kappa shape index (κ1) is 9.71. The normalized spacial score (nSPS) is 20.1. The molecule has 1 aliphatic rings. The van der Waals surface area contributed by atoms with Crippen molar-refractivity contribution in [1.82, 2.24) is 20.3 Å². The molecule has 14 heavy (non-hydrogen) atoms. The van der Waals surface area contributed by atoms with Crippen LogP contribution in [0.2, 0.25) is 0 Å². The smallest absolute Gasteiger partial charge is 0.0504 e. The van der Waals surface area contributed by atoms with Gasteiger partial charge in [0.05, 0.1) is 6.54 Å². The van der Waals surface area contributed by atoms with E-state index in [1.807, 2.05) is 12.3 Å². The van der Waals surface area contributed by atoms with Crippen molar-refractivity contribution in [2.75, 3.05) is 33.2 Å². The number of nitrogens with zero attached hydrogens (tertiary/aromatic N) is 2. The van der Waals surface area contributed by atoms with Gasteiger partial charge in [-0.2, -0.15) is 0 Å². The Hall–Kier alpha value is -0.840. The van der Waals surface area contributed by atoms with Gasteiger partial charge in [0, 0.05) is 38.1 Å². The predicted octanol–water partition coefficient (Wildman–Crippen LogP) is 0.267. The molecule has 0 aliphatic carbocycles. The molecule has 1 aliphatic heterocycles. The molecule has 0 unspecified atom stereocenters. The van der Waals surface area contributed by atoms with Gasteiger partial charge in [0.1, 0.15) is 0 Å². The van der Waals surface area contributed by atoms with E-state index in [2.05, 4.69) is 33.4 Å². The first-order valence-corrected chi connectivity index (χ1v) is 5.14. The number of likely N-dealkylation sites (N-methyl/N-ethyl adjacent to an activating group) is 1. The molecule has 4 heteroatoms. The Labute approximate surface area is 84.9 Å². The van der Waals surface area contributed by atoms with E-state index in [-0.39, 0.29) is 0 Å². The zero-order valence-corrected chi connectivity index (χ0v) is 8.66. The van der Waals surface area contributed by atoms with Crippen LogP contribution in [0.4, 0.5) is 0 Å². The van der Waals surface area contributed by atoms with Gasteiger partial charge in [0.2, 0.25) is 0 Å². The maximum absolute atomic E-state index is 3.42. The molecule has 2 N–H and O–H groups in total. The number of rotatable bonds is 3. The number of hydrogen-bond acceptors (Lipinski definition) is 3. The minimum absolute atomic E-state index is 0.900. The lowest BCUT2D eigenvalue weighted by Gasteiger charge is -2.32. The maximum atomic E-state index is 3.42. The molecule has 4 nitrogen and oxygen atoms in total. The van der Waals surface area contributed by atoms with Crippen LogP contribution >= 0.6 is 0 Å². The average molecular weight is 194 g/mol. The van der Waals surface area contributed by atoms with Gasteiger partial charge in [-0.3, -0.25) is 0 Å². The van der Waals surface area contributed by atoms with E-state index < -0.39 is 0 Å². The van der Waals surface area contributed by atoms with Crippen molar-refractivity contribution in [3.63, 3.8) is 0 Å². The van der Waals surface area contributed by atoms with Crippen LogP contribution < -0.4 is 5.43 Å². The fraction of sp³-hybridized carbons (Fsp3) is 0.600. The average Bonchev–Trinajstić information content (AvgIpc) is 2.70. The van der Waals surface area contributed by atoms with Crippen LogP contribution in [0.15, 0.2) is 18.3 Å². The Balaban J connectivity index is 1.71. The summed E-state index contributed by atoms with van der Waals surface area (Å²) in [6.45, 7) is 5.42. The lowest BCUT2D eigenvalue weighted by molar-refractivity contribution is 0.102. The largest absolute Gasteiger partial charge is 0.364 e. The Kier molecular flexibility index (Phi) is 3.18. The zero-order chi connectivity index (χ0) is 9.80. The lowest BCUT2D eigenvalue weighted by atomic mass is 10.4. The standard InChI is InChI=1S/C10H18N4/c1-13-5-7-14(8-6-13)12-9-10-3-2-4-11-10/h2-4,11-12H,5-9H2,1H3. The first-order valence-electron chi connectivity index (χ1n) is 5.14. The molecule has 0 radical (unpaired) electrons. The van der Waals surface area contributed by atoms with Gasteiger partial charge in [-0.1, -0.05) is 0 Å². The van der Waals surface area contributed by atoms with Crippen LogP contribution in [-0.4, -0.2) is 48.1 Å². The quantitative estimate of drug-likeness (QED) is 0.724. The SMILES string of the molecule is CN1CCN(NCc2ccc[nH]2)CC1. The van der Waals surface area contributed by atoms with Gasteiger partial charge in [-0.15, -0.1) is 0 Å². The summed E-state index contributed by atoms with van der Waals surface area (Å²) in [5, 5.41) is 2.29. The Morgan fingerprint density at radius 1 is 1.36 bits per heavy atom. The van der Waals surface area contributed by atoms with Crippen molar-refractivity contribution in [2.45, 2.75) is 6.54 Å². The molecule has 0 amide bonds. The summed E-state index contributed by atoms with van der Waals surface area (Å²) in [6, 6.07) is 4.13. The van der Waals surface area contributed by atoms with Crippen molar-refractivity contribution in [2.24, 2.45) is 0 Å². The van der Waals surface area contributed by atoms with E-state index in [9.17, 15) is 0 Å². The first-order chi connectivity index (χ1) is 6.84.